The molecule has 0 spiro atoms. The first-order chi connectivity index (χ1) is 9.80. The van der Waals surface area contributed by atoms with Crippen molar-refractivity contribution in [1.29, 1.82) is 0 Å². The van der Waals surface area contributed by atoms with Crippen LogP contribution in [0.15, 0.2) is 22.8 Å². The molecule has 0 aliphatic rings. The maximum Gasteiger partial charge on any atom is 0.407 e. The highest BCUT2D eigenvalue weighted by Gasteiger charge is 2.16. The molecule has 2 N–H and O–H groups in total. The van der Waals surface area contributed by atoms with Gasteiger partial charge >= 0.3 is 6.09 Å². The monoisotopic (exact) mass is 357 g/mol. The van der Waals surface area contributed by atoms with E-state index in [1.54, 1.807) is 6.20 Å². The zero-order valence-electron chi connectivity index (χ0n) is 13.1. The van der Waals surface area contributed by atoms with E-state index in [0.29, 0.717) is 13.1 Å². The van der Waals surface area contributed by atoms with E-state index in [0.717, 1.165) is 16.6 Å². The molecule has 118 valence electrons. The smallest absolute Gasteiger partial charge is 0.407 e. The fourth-order valence-electron chi connectivity index (χ4n) is 1.64. The summed E-state index contributed by atoms with van der Waals surface area (Å²) >= 11 is 3.36. The van der Waals surface area contributed by atoms with Crippen LogP contribution in [0.5, 0.6) is 0 Å². The maximum atomic E-state index is 11.6. The van der Waals surface area contributed by atoms with E-state index in [2.05, 4.69) is 38.5 Å². The summed E-state index contributed by atoms with van der Waals surface area (Å²) in [4.78, 5) is 15.9. The average molecular weight is 358 g/mol. The van der Waals surface area contributed by atoms with Crippen LogP contribution < -0.4 is 10.6 Å². The normalized spacial score (nSPS) is 12.8. The molecule has 1 rings (SSSR count). The predicted molar refractivity (Wildman–Crippen MR) is 87.1 cm³/mol. The number of pyridine rings is 1. The molecule has 0 fully saturated rings. The number of ether oxygens (including phenoxy) is 1. The van der Waals surface area contributed by atoms with Crippen molar-refractivity contribution in [1.82, 2.24) is 15.6 Å². The number of halogens is 1. The number of nitrogens with one attached hydrogen (secondary N) is 2. The molecule has 0 radical (unpaired) electrons. The number of nitrogens with zero attached hydrogens (tertiary/aromatic N) is 1. The Morgan fingerprint density at radius 1 is 1.43 bits per heavy atom. The molecule has 1 atom stereocenters. The number of rotatable bonds is 6. The highest BCUT2D eigenvalue weighted by molar-refractivity contribution is 9.10. The molecule has 0 saturated heterocycles. The lowest BCUT2D eigenvalue weighted by Gasteiger charge is -2.22. The number of hydrogen-bond acceptors (Lipinski definition) is 4. The molecular weight excluding hydrogens is 334 g/mol. The zero-order chi connectivity index (χ0) is 15.9. The van der Waals surface area contributed by atoms with E-state index in [9.17, 15) is 4.79 Å². The summed E-state index contributed by atoms with van der Waals surface area (Å²) < 4.78 is 6.18. The number of carbonyl (C=O) groups is 1. The van der Waals surface area contributed by atoms with Gasteiger partial charge in [-0.15, -0.1) is 0 Å². The van der Waals surface area contributed by atoms with Crippen molar-refractivity contribution in [2.45, 2.75) is 52.3 Å². The van der Waals surface area contributed by atoms with Gasteiger partial charge < -0.3 is 15.4 Å². The van der Waals surface area contributed by atoms with Crippen LogP contribution in [-0.2, 0) is 11.3 Å². The number of amides is 1. The first-order valence-corrected chi connectivity index (χ1v) is 7.90. The Morgan fingerprint density at radius 2 is 2.14 bits per heavy atom. The van der Waals surface area contributed by atoms with E-state index in [1.807, 2.05) is 32.9 Å². The van der Waals surface area contributed by atoms with Gasteiger partial charge in [-0.1, -0.05) is 6.92 Å². The van der Waals surface area contributed by atoms with Gasteiger partial charge in [0.1, 0.15) is 5.60 Å². The first kappa shape index (κ1) is 17.9. The van der Waals surface area contributed by atoms with Gasteiger partial charge in [-0.05, 0) is 55.3 Å². The summed E-state index contributed by atoms with van der Waals surface area (Å²) in [5, 5.41) is 6.16. The van der Waals surface area contributed by atoms with Crippen molar-refractivity contribution in [2.75, 3.05) is 6.54 Å². The zero-order valence-corrected chi connectivity index (χ0v) is 14.7. The molecule has 1 unspecified atom stereocenters. The molecule has 0 aliphatic carbocycles. The first-order valence-electron chi connectivity index (χ1n) is 7.11. The molecule has 6 heteroatoms. The van der Waals surface area contributed by atoms with E-state index in [4.69, 9.17) is 4.74 Å². The Labute approximate surface area is 135 Å². The second-order valence-electron chi connectivity index (χ2n) is 5.84. The minimum absolute atomic E-state index is 0.183. The van der Waals surface area contributed by atoms with E-state index in [-0.39, 0.29) is 12.1 Å². The third-order valence-corrected chi connectivity index (χ3v) is 3.21. The fourth-order valence-corrected chi connectivity index (χ4v) is 1.88. The molecule has 0 saturated carbocycles. The summed E-state index contributed by atoms with van der Waals surface area (Å²) in [7, 11) is 0. The largest absolute Gasteiger partial charge is 0.444 e. The number of alkyl carbamates (subject to hydrolysis) is 1. The molecule has 5 nitrogen and oxygen atoms in total. The third kappa shape index (κ3) is 8.02. The highest BCUT2D eigenvalue weighted by atomic mass is 79.9. The Kier molecular flexibility index (Phi) is 7.11. The summed E-state index contributed by atoms with van der Waals surface area (Å²) in [5.41, 5.74) is 0.495. The summed E-state index contributed by atoms with van der Waals surface area (Å²) in [6.45, 7) is 8.82. The van der Waals surface area contributed by atoms with Crippen LogP contribution in [0, 0.1) is 0 Å². The minimum Gasteiger partial charge on any atom is -0.444 e. The van der Waals surface area contributed by atoms with E-state index < -0.39 is 5.60 Å². The summed E-state index contributed by atoms with van der Waals surface area (Å²) in [6.07, 6.45) is 2.30. The van der Waals surface area contributed by atoms with Crippen molar-refractivity contribution >= 4 is 22.0 Å². The van der Waals surface area contributed by atoms with Crippen molar-refractivity contribution in [3.63, 3.8) is 0 Å². The highest BCUT2D eigenvalue weighted by Crippen LogP contribution is 2.08. The van der Waals surface area contributed by atoms with Gasteiger partial charge in [0.05, 0.1) is 5.69 Å². The molecule has 1 heterocycles. The predicted octanol–water partition coefficient (Wildman–Crippen LogP) is 3.24. The third-order valence-electron chi connectivity index (χ3n) is 2.74. The van der Waals surface area contributed by atoms with Gasteiger partial charge in [-0.25, -0.2) is 4.79 Å². The molecule has 0 bridgehead atoms. The van der Waals surface area contributed by atoms with Crippen molar-refractivity contribution in [2.24, 2.45) is 0 Å². The Morgan fingerprint density at radius 3 is 2.67 bits per heavy atom. The van der Waals surface area contributed by atoms with Crippen molar-refractivity contribution in [3.8, 4) is 0 Å². The van der Waals surface area contributed by atoms with Gasteiger partial charge in [-0.3, -0.25) is 4.98 Å². The number of carbonyl (C=O) groups excluding carboxylic acids is 1. The fraction of sp³-hybridized carbons (Fsp3) is 0.600. The van der Waals surface area contributed by atoms with Crippen molar-refractivity contribution < 1.29 is 9.53 Å². The summed E-state index contributed by atoms with van der Waals surface area (Å²) in [5.74, 6) is 0. The second-order valence-corrected chi connectivity index (χ2v) is 6.75. The number of aromatic nitrogens is 1. The lowest BCUT2D eigenvalue weighted by molar-refractivity contribution is 0.0522. The molecule has 1 aromatic heterocycles. The van der Waals surface area contributed by atoms with Crippen LogP contribution in [0.1, 0.15) is 39.8 Å². The van der Waals surface area contributed by atoms with Crippen LogP contribution in [0.3, 0.4) is 0 Å². The van der Waals surface area contributed by atoms with Crippen LogP contribution in [0.4, 0.5) is 4.79 Å². The second kappa shape index (κ2) is 8.34. The summed E-state index contributed by atoms with van der Waals surface area (Å²) in [6, 6.07) is 4.11. The lowest BCUT2D eigenvalue weighted by atomic mass is 10.2. The van der Waals surface area contributed by atoms with Crippen LogP contribution >= 0.6 is 15.9 Å². The SMILES string of the molecule is CCC(CNC(=O)OC(C)(C)C)NCc1ccc(Br)cn1. The van der Waals surface area contributed by atoms with Gasteiger partial charge in [-0.2, -0.15) is 0 Å². The van der Waals surface area contributed by atoms with Crippen LogP contribution in [0.2, 0.25) is 0 Å². The molecule has 0 aliphatic heterocycles. The average Bonchev–Trinajstić information content (AvgIpc) is 2.39. The number of hydrogen-bond donors (Lipinski definition) is 2. The Balaban J connectivity index is 2.34. The van der Waals surface area contributed by atoms with Crippen LogP contribution in [0.25, 0.3) is 0 Å². The molecule has 1 aromatic rings. The van der Waals surface area contributed by atoms with E-state index >= 15 is 0 Å². The lowest BCUT2D eigenvalue weighted by Crippen LogP contribution is -2.42. The molecule has 21 heavy (non-hydrogen) atoms. The Bertz CT molecular complexity index is 443. The standard InChI is InChI=1S/C15H24BrN3O2/c1-5-12(9-19-14(20)21-15(2,3)4)18-10-13-7-6-11(16)8-17-13/h6-8,12,18H,5,9-10H2,1-4H3,(H,19,20). The maximum absolute atomic E-state index is 11.6. The molecule has 0 aromatic carbocycles. The van der Waals surface area contributed by atoms with Crippen molar-refractivity contribution in [3.05, 3.63) is 28.5 Å². The quantitative estimate of drug-likeness (QED) is 0.820. The minimum atomic E-state index is -0.472. The van der Waals surface area contributed by atoms with Crippen LogP contribution in [-0.4, -0.2) is 29.3 Å². The molecule has 1 amide bonds. The topological polar surface area (TPSA) is 63.2 Å². The van der Waals surface area contributed by atoms with Gasteiger partial charge in [0.2, 0.25) is 0 Å². The Hall–Kier alpha value is -1.14. The van der Waals surface area contributed by atoms with Gasteiger partial charge in [0.15, 0.2) is 0 Å². The van der Waals surface area contributed by atoms with Gasteiger partial charge in [0, 0.05) is 29.8 Å². The van der Waals surface area contributed by atoms with E-state index in [1.165, 1.54) is 0 Å². The van der Waals surface area contributed by atoms with Gasteiger partial charge in [0.25, 0.3) is 0 Å². The molecular formula is C15H24BrN3O2.